The zero-order valence-corrected chi connectivity index (χ0v) is 8.97. The third-order valence-electron chi connectivity index (χ3n) is 2.19. The van der Waals surface area contributed by atoms with E-state index in [4.69, 9.17) is 11.0 Å². The van der Waals surface area contributed by atoms with Crippen molar-refractivity contribution in [2.45, 2.75) is 6.54 Å². The van der Waals surface area contributed by atoms with Gasteiger partial charge in [0.05, 0.1) is 17.6 Å². The predicted molar refractivity (Wildman–Crippen MR) is 57.0 cm³/mol. The van der Waals surface area contributed by atoms with Gasteiger partial charge in [-0.15, -0.1) is 0 Å². The summed E-state index contributed by atoms with van der Waals surface area (Å²) >= 11 is 0. The number of methoxy groups -OCH3 is 1. The smallest absolute Gasteiger partial charge is 0.339 e. The van der Waals surface area contributed by atoms with Gasteiger partial charge in [0.15, 0.2) is 0 Å². The second-order valence-electron chi connectivity index (χ2n) is 3.06. The Bertz CT molecular complexity index is 519. The van der Waals surface area contributed by atoms with Crippen LogP contribution in [0, 0.1) is 21.4 Å². The SMILES string of the molecule is COC(=O)c1c(CN)ccc([N+](=O)[O-])c1C#N. The molecule has 0 bridgehead atoms. The average molecular weight is 235 g/mol. The van der Waals surface area contributed by atoms with Gasteiger partial charge in [0.2, 0.25) is 0 Å². The normalized spacial score (nSPS) is 9.47. The van der Waals surface area contributed by atoms with Crippen LogP contribution in [0.1, 0.15) is 21.5 Å². The molecule has 7 nitrogen and oxygen atoms in total. The Hall–Kier alpha value is -2.46. The van der Waals surface area contributed by atoms with Gasteiger partial charge >= 0.3 is 5.97 Å². The molecule has 0 aromatic heterocycles. The number of nitrogens with zero attached hydrogens (tertiary/aromatic N) is 2. The summed E-state index contributed by atoms with van der Waals surface area (Å²) in [5.74, 6) is -0.814. The molecule has 0 amide bonds. The molecule has 2 N–H and O–H groups in total. The Balaban J connectivity index is 3.62. The number of hydrogen-bond donors (Lipinski definition) is 1. The van der Waals surface area contributed by atoms with Gasteiger partial charge in [0, 0.05) is 12.6 Å². The molecular weight excluding hydrogens is 226 g/mol. The lowest BCUT2D eigenvalue weighted by Crippen LogP contribution is -2.12. The first-order chi connectivity index (χ1) is 8.06. The fraction of sp³-hybridized carbons (Fsp3) is 0.200. The summed E-state index contributed by atoms with van der Waals surface area (Å²) in [5.41, 5.74) is 4.82. The van der Waals surface area contributed by atoms with E-state index in [0.29, 0.717) is 5.56 Å². The summed E-state index contributed by atoms with van der Waals surface area (Å²) in [6, 6.07) is 4.12. The number of esters is 1. The molecule has 0 unspecified atom stereocenters. The Labute approximate surface area is 96.6 Å². The Morgan fingerprint density at radius 3 is 2.71 bits per heavy atom. The van der Waals surface area contributed by atoms with E-state index in [1.54, 1.807) is 6.07 Å². The van der Waals surface area contributed by atoms with Crippen LogP contribution in [0.15, 0.2) is 12.1 Å². The first kappa shape index (κ1) is 12.6. The summed E-state index contributed by atoms with van der Waals surface area (Å²) in [5, 5.41) is 19.6. The minimum atomic E-state index is -0.814. The van der Waals surface area contributed by atoms with Crippen LogP contribution in [0.3, 0.4) is 0 Å². The summed E-state index contributed by atoms with van der Waals surface area (Å²) in [7, 11) is 1.13. The average Bonchev–Trinajstić information content (AvgIpc) is 2.35. The van der Waals surface area contributed by atoms with Crippen LogP contribution in [-0.4, -0.2) is 18.0 Å². The molecule has 0 aliphatic carbocycles. The van der Waals surface area contributed by atoms with Gasteiger partial charge in [-0.3, -0.25) is 10.1 Å². The van der Waals surface area contributed by atoms with Gasteiger partial charge < -0.3 is 10.5 Å². The van der Waals surface area contributed by atoms with Crippen molar-refractivity contribution in [2.24, 2.45) is 5.73 Å². The van der Waals surface area contributed by atoms with E-state index < -0.39 is 16.6 Å². The summed E-state index contributed by atoms with van der Waals surface area (Å²) in [6.45, 7) is -0.0168. The molecule has 17 heavy (non-hydrogen) atoms. The zero-order valence-electron chi connectivity index (χ0n) is 8.97. The number of carbonyl (C=O) groups excluding carboxylic acids is 1. The lowest BCUT2D eigenvalue weighted by molar-refractivity contribution is -0.385. The molecule has 0 atom stereocenters. The lowest BCUT2D eigenvalue weighted by Gasteiger charge is -2.07. The van der Waals surface area contributed by atoms with E-state index >= 15 is 0 Å². The molecule has 1 aromatic carbocycles. The molecule has 1 aromatic rings. The summed E-state index contributed by atoms with van der Waals surface area (Å²) in [6.07, 6.45) is 0. The number of benzene rings is 1. The van der Waals surface area contributed by atoms with Crippen LogP contribution in [-0.2, 0) is 11.3 Å². The molecule has 1 rings (SSSR count). The number of rotatable bonds is 3. The van der Waals surface area contributed by atoms with Gasteiger partial charge in [-0.05, 0) is 11.6 Å². The maximum atomic E-state index is 11.5. The third-order valence-corrected chi connectivity index (χ3v) is 2.19. The molecule has 0 saturated carbocycles. The zero-order chi connectivity index (χ0) is 13.0. The van der Waals surface area contributed by atoms with Gasteiger partial charge in [-0.1, -0.05) is 0 Å². The van der Waals surface area contributed by atoms with Crippen molar-refractivity contribution in [1.82, 2.24) is 0 Å². The molecular formula is C10H9N3O4. The number of nitriles is 1. The van der Waals surface area contributed by atoms with Crippen molar-refractivity contribution in [1.29, 1.82) is 5.26 Å². The van der Waals surface area contributed by atoms with Crippen molar-refractivity contribution in [2.75, 3.05) is 7.11 Å². The number of carbonyl (C=O) groups is 1. The first-order valence-corrected chi connectivity index (χ1v) is 4.55. The fourth-order valence-corrected chi connectivity index (χ4v) is 1.41. The van der Waals surface area contributed by atoms with E-state index in [-0.39, 0.29) is 17.7 Å². The highest BCUT2D eigenvalue weighted by atomic mass is 16.6. The molecule has 7 heteroatoms. The molecule has 0 radical (unpaired) electrons. The van der Waals surface area contributed by atoms with E-state index in [1.807, 2.05) is 0 Å². The second kappa shape index (κ2) is 5.05. The topological polar surface area (TPSA) is 119 Å². The van der Waals surface area contributed by atoms with Gasteiger partial charge in [-0.2, -0.15) is 5.26 Å². The molecule has 0 spiro atoms. The van der Waals surface area contributed by atoms with Crippen molar-refractivity contribution in [3.05, 3.63) is 38.9 Å². The van der Waals surface area contributed by atoms with Crippen LogP contribution in [0.25, 0.3) is 0 Å². The largest absolute Gasteiger partial charge is 0.465 e. The quantitative estimate of drug-likeness (QED) is 0.468. The van der Waals surface area contributed by atoms with Crippen LogP contribution in [0.4, 0.5) is 5.69 Å². The highest BCUT2D eigenvalue weighted by Gasteiger charge is 2.25. The van der Waals surface area contributed by atoms with Crippen LogP contribution in [0.5, 0.6) is 0 Å². The molecule has 0 aliphatic rings. The Morgan fingerprint density at radius 2 is 2.29 bits per heavy atom. The molecule has 0 aliphatic heterocycles. The number of ether oxygens (including phenoxy) is 1. The van der Waals surface area contributed by atoms with Crippen molar-refractivity contribution < 1.29 is 14.5 Å². The molecule has 88 valence electrons. The van der Waals surface area contributed by atoms with Gasteiger partial charge in [0.25, 0.3) is 5.69 Å². The second-order valence-corrected chi connectivity index (χ2v) is 3.06. The maximum absolute atomic E-state index is 11.5. The standard InChI is InChI=1S/C10H9N3O4/c1-17-10(14)9-6(4-11)2-3-8(13(15)16)7(9)5-12/h2-3H,4,11H2,1H3. The van der Waals surface area contributed by atoms with Crippen molar-refractivity contribution >= 4 is 11.7 Å². The van der Waals surface area contributed by atoms with Crippen LogP contribution >= 0.6 is 0 Å². The summed E-state index contributed by atoms with van der Waals surface area (Å²) < 4.78 is 4.49. The van der Waals surface area contributed by atoms with Crippen LogP contribution < -0.4 is 5.73 Å². The highest BCUT2D eigenvalue weighted by molar-refractivity contribution is 5.95. The molecule has 0 saturated heterocycles. The van der Waals surface area contributed by atoms with E-state index in [2.05, 4.69) is 4.74 Å². The fourth-order valence-electron chi connectivity index (χ4n) is 1.41. The lowest BCUT2D eigenvalue weighted by atomic mass is 10.00. The molecule has 0 fully saturated rings. The number of nitrogens with two attached hydrogens (primary N) is 1. The number of hydrogen-bond acceptors (Lipinski definition) is 6. The molecule has 0 heterocycles. The highest BCUT2D eigenvalue weighted by Crippen LogP contribution is 2.25. The maximum Gasteiger partial charge on any atom is 0.339 e. The predicted octanol–water partition coefficient (Wildman–Crippen LogP) is 0.712. The van der Waals surface area contributed by atoms with Crippen molar-refractivity contribution in [3.8, 4) is 6.07 Å². The van der Waals surface area contributed by atoms with E-state index in [1.165, 1.54) is 6.07 Å². The first-order valence-electron chi connectivity index (χ1n) is 4.55. The van der Waals surface area contributed by atoms with Crippen molar-refractivity contribution in [3.63, 3.8) is 0 Å². The summed E-state index contributed by atoms with van der Waals surface area (Å²) in [4.78, 5) is 21.5. The van der Waals surface area contributed by atoms with Gasteiger partial charge in [-0.25, -0.2) is 4.79 Å². The monoisotopic (exact) mass is 235 g/mol. The van der Waals surface area contributed by atoms with Gasteiger partial charge in [0.1, 0.15) is 11.6 Å². The number of nitro groups is 1. The van der Waals surface area contributed by atoms with E-state index in [0.717, 1.165) is 13.2 Å². The third kappa shape index (κ3) is 2.21. The Morgan fingerprint density at radius 1 is 1.65 bits per heavy atom. The minimum absolute atomic E-state index is 0.0168. The number of nitro benzene ring substituents is 1. The minimum Gasteiger partial charge on any atom is -0.465 e. The Kier molecular flexibility index (Phi) is 3.74. The van der Waals surface area contributed by atoms with E-state index in [9.17, 15) is 14.9 Å². The van der Waals surface area contributed by atoms with Crippen LogP contribution in [0.2, 0.25) is 0 Å².